The third kappa shape index (κ3) is 4.31. The number of pyridine rings is 1. The van der Waals surface area contributed by atoms with Gasteiger partial charge in [-0.2, -0.15) is 0 Å². The maximum absolute atomic E-state index is 12.7. The highest BCUT2D eigenvalue weighted by atomic mass is 16.5. The minimum atomic E-state index is -0.385. The van der Waals surface area contributed by atoms with Gasteiger partial charge < -0.3 is 18.5 Å². The molecule has 0 N–H and O–H groups in total. The van der Waals surface area contributed by atoms with Crippen LogP contribution in [0.1, 0.15) is 18.0 Å². The van der Waals surface area contributed by atoms with Crippen molar-refractivity contribution in [1.29, 1.82) is 0 Å². The molecule has 0 amide bonds. The summed E-state index contributed by atoms with van der Waals surface area (Å²) in [5.41, 5.74) is 2.68. The molecular weight excluding hydrogens is 456 g/mol. The summed E-state index contributed by atoms with van der Waals surface area (Å²) in [5, 5.41) is 0.838. The first kappa shape index (κ1) is 22.6. The molecule has 2 bridgehead atoms. The molecule has 1 saturated heterocycles. The van der Waals surface area contributed by atoms with Gasteiger partial charge in [0.1, 0.15) is 23.7 Å². The van der Waals surface area contributed by atoms with E-state index in [0.717, 1.165) is 55.0 Å². The Bertz CT molecular complexity index is 1520. The van der Waals surface area contributed by atoms with Gasteiger partial charge >= 0.3 is 5.63 Å². The SMILES string of the molecule is COc1ccc(-c2cc3ccc(OCCN4CC5CC(C4)c4cccc(=O)n4C5)cc3oc2=O)cc1. The second kappa shape index (κ2) is 9.32. The van der Waals surface area contributed by atoms with E-state index in [0.29, 0.717) is 35.3 Å². The standard InChI is InChI=1S/C29H28N2O5/c1-34-23-8-5-20(6-9-23)25-14-21-7-10-24(15-27(21)36-29(25)33)35-12-11-30-16-19-13-22(18-30)26-3-2-4-28(32)31(26)17-19/h2-10,14-15,19,22H,11-13,16-18H2,1H3. The lowest BCUT2D eigenvalue weighted by atomic mass is 9.83. The van der Waals surface area contributed by atoms with Gasteiger partial charge in [0.05, 0.1) is 12.7 Å². The van der Waals surface area contributed by atoms with Gasteiger partial charge in [0.25, 0.3) is 5.56 Å². The monoisotopic (exact) mass is 484 g/mol. The van der Waals surface area contributed by atoms with E-state index < -0.39 is 0 Å². The quantitative estimate of drug-likeness (QED) is 0.383. The minimum Gasteiger partial charge on any atom is -0.497 e. The molecule has 1 fully saturated rings. The van der Waals surface area contributed by atoms with Crippen LogP contribution in [0.25, 0.3) is 22.1 Å². The number of rotatable bonds is 6. The lowest BCUT2D eigenvalue weighted by Gasteiger charge is -2.42. The van der Waals surface area contributed by atoms with Crippen molar-refractivity contribution in [2.45, 2.75) is 18.9 Å². The van der Waals surface area contributed by atoms with E-state index in [1.54, 1.807) is 19.2 Å². The first-order valence-corrected chi connectivity index (χ1v) is 12.3. The van der Waals surface area contributed by atoms with E-state index in [9.17, 15) is 9.59 Å². The molecule has 2 aliphatic rings. The fraction of sp³-hybridized carbons (Fsp3) is 0.310. The fourth-order valence-electron chi connectivity index (χ4n) is 5.62. The van der Waals surface area contributed by atoms with E-state index in [2.05, 4.69) is 11.0 Å². The van der Waals surface area contributed by atoms with Gasteiger partial charge in [0, 0.05) is 55.3 Å². The molecule has 36 heavy (non-hydrogen) atoms. The van der Waals surface area contributed by atoms with Crippen molar-refractivity contribution in [3.8, 4) is 22.6 Å². The molecule has 0 radical (unpaired) electrons. The molecule has 0 aliphatic carbocycles. The molecule has 2 aromatic carbocycles. The van der Waals surface area contributed by atoms with Crippen molar-refractivity contribution < 1.29 is 13.9 Å². The molecule has 4 aromatic rings. The van der Waals surface area contributed by atoms with E-state index >= 15 is 0 Å². The Morgan fingerprint density at radius 3 is 2.61 bits per heavy atom. The largest absolute Gasteiger partial charge is 0.497 e. The highest BCUT2D eigenvalue weighted by Crippen LogP contribution is 2.34. The Hall–Kier alpha value is -3.84. The Labute approximate surface area is 208 Å². The van der Waals surface area contributed by atoms with Crippen molar-refractivity contribution in [3.63, 3.8) is 0 Å². The van der Waals surface area contributed by atoms with Crippen molar-refractivity contribution in [3.05, 3.63) is 93.2 Å². The van der Waals surface area contributed by atoms with Gasteiger partial charge in [-0.1, -0.05) is 18.2 Å². The summed E-state index contributed by atoms with van der Waals surface area (Å²) < 4.78 is 18.8. The predicted molar refractivity (Wildman–Crippen MR) is 138 cm³/mol. The average Bonchev–Trinajstić information content (AvgIpc) is 2.89. The van der Waals surface area contributed by atoms with E-state index in [4.69, 9.17) is 13.9 Å². The molecule has 0 saturated carbocycles. The van der Waals surface area contributed by atoms with Crippen LogP contribution in [0, 0.1) is 5.92 Å². The van der Waals surface area contributed by atoms with Crippen molar-refractivity contribution in [2.24, 2.45) is 5.92 Å². The summed E-state index contributed by atoms with van der Waals surface area (Å²) in [4.78, 5) is 27.3. The third-order valence-electron chi connectivity index (χ3n) is 7.34. The van der Waals surface area contributed by atoms with Crippen LogP contribution < -0.4 is 20.7 Å². The molecular formula is C29H28N2O5. The number of aromatic nitrogens is 1. The summed E-state index contributed by atoms with van der Waals surface area (Å²) in [6, 6.07) is 20.4. The van der Waals surface area contributed by atoms with Gasteiger partial charge in [-0.3, -0.25) is 9.69 Å². The number of hydrogen-bond acceptors (Lipinski definition) is 6. The van der Waals surface area contributed by atoms with E-state index in [-0.39, 0.29) is 11.2 Å². The second-order valence-corrected chi connectivity index (χ2v) is 9.68. The Morgan fingerprint density at radius 2 is 1.78 bits per heavy atom. The molecule has 7 nitrogen and oxygen atoms in total. The van der Waals surface area contributed by atoms with E-state index in [1.807, 2.05) is 53.1 Å². The van der Waals surface area contributed by atoms with Gasteiger partial charge in [-0.25, -0.2) is 4.79 Å². The number of fused-ring (bicyclic) bond motifs is 5. The van der Waals surface area contributed by atoms with Crippen LogP contribution in [0.2, 0.25) is 0 Å². The van der Waals surface area contributed by atoms with Crippen LogP contribution in [-0.2, 0) is 6.54 Å². The number of benzene rings is 2. The molecule has 184 valence electrons. The molecule has 0 spiro atoms. The van der Waals surface area contributed by atoms with Gasteiger partial charge in [0.15, 0.2) is 0 Å². The first-order chi connectivity index (χ1) is 17.6. The number of methoxy groups -OCH3 is 1. The molecule has 2 atom stereocenters. The van der Waals surface area contributed by atoms with Crippen molar-refractivity contribution in [1.82, 2.24) is 9.47 Å². The maximum atomic E-state index is 12.7. The van der Waals surface area contributed by atoms with Gasteiger partial charge in [0.2, 0.25) is 0 Å². The highest BCUT2D eigenvalue weighted by Gasteiger charge is 2.34. The first-order valence-electron chi connectivity index (χ1n) is 12.3. The third-order valence-corrected chi connectivity index (χ3v) is 7.34. The summed E-state index contributed by atoms with van der Waals surface area (Å²) >= 11 is 0. The summed E-state index contributed by atoms with van der Waals surface area (Å²) in [6.45, 7) is 4.06. The zero-order chi connectivity index (χ0) is 24.6. The molecule has 7 heteroatoms. The Morgan fingerprint density at radius 1 is 0.944 bits per heavy atom. The number of piperidine rings is 1. The number of likely N-dealkylation sites (tertiary alicyclic amines) is 1. The minimum absolute atomic E-state index is 0.109. The van der Waals surface area contributed by atoms with Crippen molar-refractivity contribution in [2.75, 3.05) is 33.4 Å². The zero-order valence-corrected chi connectivity index (χ0v) is 20.2. The predicted octanol–water partition coefficient (Wildman–Crippen LogP) is 4.13. The number of ether oxygens (including phenoxy) is 2. The lowest BCUT2D eigenvalue weighted by Crippen LogP contribution is -2.48. The second-order valence-electron chi connectivity index (χ2n) is 9.68. The molecule has 2 aromatic heterocycles. The Balaban J connectivity index is 1.12. The van der Waals surface area contributed by atoms with Crippen LogP contribution in [-0.4, -0.2) is 42.8 Å². The summed E-state index contributed by atoms with van der Waals surface area (Å²) in [7, 11) is 1.61. The summed E-state index contributed by atoms with van der Waals surface area (Å²) in [5.74, 6) is 2.29. The molecule has 2 aliphatic heterocycles. The molecule has 2 unspecified atom stereocenters. The maximum Gasteiger partial charge on any atom is 0.344 e. The van der Waals surface area contributed by atoms with Crippen LogP contribution in [0.3, 0.4) is 0 Å². The van der Waals surface area contributed by atoms with Crippen LogP contribution in [0.4, 0.5) is 0 Å². The molecule has 6 rings (SSSR count). The fourth-order valence-corrected chi connectivity index (χ4v) is 5.62. The zero-order valence-electron chi connectivity index (χ0n) is 20.2. The van der Waals surface area contributed by atoms with Gasteiger partial charge in [-0.05, 0) is 54.3 Å². The topological polar surface area (TPSA) is 73.9 Å². The molecule has 4 heterocycles. The lowest BCUT2D eigenvalue weighted by molar-refractivity contribution is 0.104. The summed E-state index contributed by atoms with van der Waals surface area (Å²) in [6.07, 6.45) is 1.14. The number of nitrogens with zero attached hydrogens (tertiary/aromatic N) is 2. The van der Waals surface area contributed by atoms with Crippen molar-refractivity contribution >= 4 is 11.0 Å². The van der Waals surface area contributed by atoms with Gasteiger partial charge in [-0.15, -0.1) is 0 Å². The number of hydrogen-bond donors (Lipinski definition) is 0. The Kier molecular flexibility index (Phi) is 5.85. The van der Waals surface area contributed by atoms with Crippen LogP contribution >= 0.6 is 0 Å². The highest BCUT2D eigenvalue weighted by molar-refractivity contribution is 5.82. The smallest absolute Gasteiger partial charge is 0.344 e. The average molecular weight is 485 g/mol. The van der Waals surface area contributed by atoms with Crippen LogP contribution in [0.15, 0.2) is 80.7 Å². The normalized spacial score (nSPS) is 19.1. The van der Waals surface area contributed by atoms with E-state index in [1.165, 1.54) is 0 Å². The van der Waals surface area contributed by atoms with Crippen LogP contribution in [0.5, 0.6) is 11.5 Å².